The van der Waals surface area contributed by atoms with E-state index >= 15 is 0 Å². The topological polar surface area (TPSA) is 46.5 Å². The van der Waals surface area contributed by atoms with Crippen LogP contribution in [-0.2, 0) is 0 Å². The second-order valence-electron chi connectivity index (χ2n) is 5.99. The highest BCUT2D eigenvalue weighted by atomic mass is 16.5. The van der Waals surface area contributed by atoms with Crippen molar-refractivity contribution in [2.24, 2.45) is 16.8 Å². The zero-order valence-electron chi connectivity index (χ0n) is 13.1. The lowest BCUT2D eigenvalue weighted by atomic mass is 9.96. The van der Waals surface area contributed by atoms with Crippen LogP contribution < -0.4 is 10.1 Å². The molecular formula is C18H23N3O. The van der Waals surface area contributed by atoms with Gasteiger partial charge in [-0.1, -0.05) is 12.5 Å². The van der Waals surface area contributed by atoms with Gasteiger partial charge in [-0.05, 0) is 43.5 Å². The number of benzene rings is 1. The van der Waals surface area contributed by atoms with Crippen molar-refractivity contribution in [3.63, 3.8) is 0 Å². The molecule has 2 atom stereocenters. The number of ether oxygens (including phenoxy) is 1. The number of nitrogens with zero attached hydrogens (tertiary/aromatic N) is 2. The summed E-state index contributed by atoms with van der Waals surface area (Å²) in [5.74, 6) is 2.18. The molecule has 1 aromatic carbocycles. The quantitative estimate of drug-likeness (QED) is 0.826. The molecule has 1 saturated carbocycles. The maximum absolute atomic E-state index is 5.40. The molecule has 4 heteroatoms. The molecule has 1 N–H and O–H groups in total. The molecule has 0 spiro atoms. The van der Waals surface area contributed by atoms with Gasteiger partial charge >= 0.3 is 0 Å². The van der Waals surface area contributed by atoms with E-state index in [1.807, 2.05) is 24.4 Å². The van der Waals surface area contributed by atoms with Crippen LogP contribution in [0.15, 0.2) is 35.5 Å². The molecule has 2 unspecified atom stereocenters. The first-order valence-electron chi connectivity index (χ1n) is 7.91. The van der Waals surface area contributed by atoms with Crippen molar-refractivity contribution in [1.82, 2.24) is 4.98 Å². The van der Waals surface area contributed by atoms with E-state index in [0.717, 1.165) is 35.4 Å². The molecule has 116 valence electrons. The van der Waals surface area contributed by atoms with Gasteiger partial charge in [-0.25, -0.2) is 0 Å². The maximum Gasteiger partial charge on any atom is 0.121 e. The van der Waals surface area contributed by atoms with Crippen LogP contribution in [0.4, 0.5) is 5.69 Å². The summed E-state index contributed by atoms with van der Waals surface area (Å²) in [5.41, 5.74) is 2.05. The van der Waals surface area contributed by atoms with Crippen LogP contribution in [0.3, 0.4) is 0 Å². The maximum atomic E-state index is 5.40. The summed E-state index contributed by atoms with van der Waals surface area (Å²) in [6, 6.07) is 8.07. The highest BCUT2D eigenvalue weighted by Gasteiger charge is 2.26. The second-order valence-corrected chi connectivity index (χ2v) is 5.99. The van der Waals surface area contributed by atoms with Gasteiger partial charge in [0.1, 0.15) is 5.75 Å². The molecule has 1 aromatic heterocycles. The summed E-state index contributed by atoms with van der Waals surface area (Å²) in [7, 11) is 1.70. The Morgan fingerprint density at radius 2 is 2.23 bits per heavy atom. The van der Waals surface area contributed by atoms with Crippen LogP contribution in [-0.4, -0.2) is 31.9 Å². The lowest BCUT2D eigenvalue weighted by Crippen LogP contribution is -2.20. The van der Waals surface area contributed by atoms with Crippen molar-refractivity contribution in [2.45, 2.75) is 19.3 Å². The summed E-state index contributed by atoms with van der Waals surface area (Å²) < 4.78 is 5.40. The zero-order valence-corrected chi connectivity index (χ0v) is 13.1. The van der Waals surface area contributed by atoms with E-state index in [-0.39, 0.29) is 0 Å². The Kier molecular flexibility index (Phi) is 4.56. The third kappa shape index (κ3) is 3.06. The molecule has 2 aromatic rings. The third-order valence-corrected chi connectivity index (χ3v) is 4.65. The minimum Gasteiger partial charge on any atom is -0.497 e. The molecule has 1 fully saturated rings. The number of anilines is 1. The number of aliphatic imine (C=N–C) groups is 1. The van der Waals surface area contributed by atoms with E-state index in [4.69, 9.17) is 4.74 Å². The lowest BCUT2D eigenvalue weighted by molar-refractivity contribution is 0.413. The van der Waals surface area contributed by atoms with Gasteiger partial charge in [-0.3, -0.25) is 4.98 Å². The second kappa shape index (κ2) is 6.77. The van der Waals surface area contributed by atoms with Crippen molar-refractivity contribution >= 4 is 23.3 Å². The van der Waals surface area contributed by atoms with Crippen molar-refractivity contribution in [3.05, 3.63) is 30.5 Å². The predicted octanol–water partition coefficient (Wildman–Crippen LogP) is 3.77. The summed E-state index contributed by atoms with van der Waals surface area (Å²) >= 11 is 0. The molecule has 0 bridgehead atoms. The van der Waals surface area contributed by atoms with Crippen LogP contribution in [0, 0.1) is 11.8 Å². The Morgan fingerprint density at radius 3 is 3.05 bits per heavy atom. The summed E-state index contributed by atoms with van der Waals surface area (Å²) in [6.45, 7) is 5.48. The van der Waals surface area contributed by atoms with Gasteiger partial charge in [-0.15, -0.1) is 0 Å². The van der Waals surface area contributed by atoms with Crippen molar-refractivity contribution < 1.29 is 4.74 Å². The van der Waals surface area contributed by atoms with Crippen LogP contribution in [0.5, 0.6) is 5.75 Å². The van der Waals surface area contributed by atoms with E-state index in [1.54, 1.807) is 7.11 Å². The van der Waals surface area contributed by atoms with Crippen LogP contribution >= 0.6 is 0 Å². The van der Waals surface area contributed by atoms with Gasteiger partial charge in [-0.2, -0.15) is 0 Å². The van der Waals surface area contributed by atoms with Gasteiger partial charge in [0.25, 0.3) is 0 Å². The van der Waals surface area contributed by atoms with E-state index in [0.29, 0.717) is 11.8 Å². The van der Waals surface area contributed by atoms with Crippen molar-refractivity contribution in [2.75, 3.05) is 25.5 Å². The van der Waals surface area contributed by atoms with Gasteiger partial charge in [0.05, 0.1) is 18.3 Å². The Labute approximate surface area is 131 Å². The molecule has 1 aliphatic carbocycles. The fourth-order valence-corrected chi connectivity index (χ4v) is 3.45. The Bertz CT molecular complexity index is 656. The number of fused-ring (bicyclic) bond motifs is 1. The molecule has 0 amide bonds. The lowest BCUT2D eigenvalue weighted by Gasteiger charge is -2.19. The first-order chi connectivity index (χ1) is 10.8. The third-order valence-electron chi connectivity index (χ3n) is 4.65. The number of hydrogen-bond donors (Lipinski definition) is 1. The van der Waals surface area contributed by atoms with E-state index in [2.05, 4.69) is 28.1 Å². The number of nitrogens with one attached hydrogen (secondary N) is 1. The summed E-state index contributed by atoms with van der Waals surface area (Å²) in [6.07, 6.45) is 5.66. The number of aromatic nitrogens is 1. The first-order valence-corrected chi connectivity index (χ1v) is 7.91. The van der Waals surface area contributed by atoms with E-state index in [1.165, 1.54) is 19.3 Å². The average molecular weight is 297 g/mol. The highest BCUT2D eigenvalue weighted by Crippen LogP contribution is 2.33. The van der Waals surface area contributed by atoms with Gasteiger partial charge in [0, 0.05) is 30.7 Å². The van der Waals surface area contributed by atoms with Crippen LogP contribution in [0.25, 0.3) is 10.9 Å². The van der Waals surface area contributed by atoms with E-state index < -0.39 is 0 Å². The molecule has 1 heterocycles. The predicted molar refractivity (Wildman–Crippen MR) is 92.0 cm³/mol. The Hall–Kier alpha value is -2.10. The molecule has 0 aliphatic heterocycles. The first kappa shape index (κ1) is 14.8. The molecular weight excluding hydrogens is 274 g/mol. The molecule has 22 heavy (non-hydrogen) atoms. The largest absolute Gasteiger partial charge is 0.497 e. The average Bonchev–Trinajstić information content (AvgIpc) is 3.00. The van der Waals surface area contributed by atoms with Crippen molar-refractivity contribution in [3.8, 4) is 5.75 Å². The normalized spacial score (nSPS) is 21.0. The van der Waals surface area contributed by atoms with Crippen molar-refractivity contribution in [1.29, 1.82) is 0 Å². The molecule has 1 aliphatic rings. The molecule has 0 radical (unpaired) electrons. The fraction of sp³-hybridized carbons (Fsp3) is 0.444. The van der Waals surface area contributed by atoms with E-state index in [9.17, 15) is 0 Å². The molecule has 4 nitrogen and oxygen atoms in total. The van der Waals surface area contributed by atoms with Crippen LogP contribution in [0.1, 0.15) is 19.3 Å². The SMILES string of the molecule is C=NCC1CCCC1CNc1cc(OC)cc2cccnc12. The number of methoxy groups -OCH3 is 1. The zero-order chi connectivity index (χ0) is 15.4. The number of hydrogen-bond acceptors (Lipinski definition) is 4. The summed E-state index contributed by atoms with van der Waals surface area (Å²) in [4.78, 5) is 8.60. The van der Waals surface area contributed by atoms with Gasteiger partial charge in [0.15, 0.2) is 0 Å². The number of pyridine rings is 1. The smallest absolute Gasteiger partial charge is 0.121 e. The fourth-order valence-electron chi connectivity index (χ4n) is 3.45. The molecule has 3 rings (SSSR count). The van der Waals surface area contributed by atoms with Crippen LogP contribution in [0.2, 0.25) is 0 Å². The standard InChI is InChI=1S/C18H23N3O/c1-19-11-14-5-3-6-15(14)12-21-17-10-16(22-2)9-13-7-4-8-20-18(13)17/h4,7-10,14-15,21H,1,3,5-6,11-12H2,2H3. The highest BCUT2D eigenvalue weighted by molar-refractivity contribution is 5.91. The molecule has 0 saturated heterocycles. The Balaban J connectivity index is 1.79. The minimum absolute atomic E-state index is 0.662. The van der Waals surface area contributed by atoms with Gasteiger partial charge in [0.2, 0.25) is 0 Å². The Morgan fingerprint density at radius 1 is 1.36 bits per heavy atom. The summed E-state index contributed by atoms with van der Waals surface area (Å²) in [5, 5.41) is 4.69. The minimum atomic E-state index is 0.662. The monoisotopic (exact) mass is 297 g/mol. The number of rotatable bonds is 6. The van der Waals surface area contributed by atoms with Gasteiger partial charge < -0.3 is 15.0 Å².